The van der Waals surface area contributed by atoms with Crippen molar-refractivity contribution in [2.75, 3.05) is 10.5 Å². The molecule has 0 aliphatic carbocycles. The van der Waals surface area contributed by atoms with Gasteiger partial charge < -0.3 is 5.73 Å². The summed E-state index contributed by atoms with van der Waals surface area (Å²) in [6, 6.07) is 7.00. The van der Waals surface area contributed by atoms with Crippen molar-refractivity contribution in [1.82, 2.24) is 0 Å². The van der Waals surface area contributed by atoms with E-state index in [1.807, 2.05) is 39.8 Å². The number of para-hydroxylation sites is 1. The van der Waals surface area contributed by atoms with E-state index < -0.39 is 10.0 Å². The molecule has 1 aromatic rings. The van der Waals surface area contributed by atoms with Gasteiger partial charge in [-0.05, 0) is 24.0 Å². The minimum atomic E-state index is -3.35. The molecule has 5 heteroatoms. The molecular formula is C13H22N2O2S. The Labute approximate surface area is 110 Å². The molecule has 0 radical (unpaired) electrons. The Morgan fingerprint density at radius 1 is 1.28 bits per heavy atom. The summed E-state index contributed by atoms with van der Waals surface area (Å²) in [4.78, 5) is 0. The summed E-state index contributed by atoms with van der Waals surface area (Å²) in [6.45, 7) is 7.51. The van der Waals surface area contributed by atoms with Crippen LogP contribution >= 0.6 is 0 Å². The maximum Gasteiger partial charge on any atom is 0.233 e. The van der Waals surface area contributed by atoms with E-state index in [4.69, 9.17) is 5.73 Å². The van der Waals surface area contributed by atoms with Crippen LogP contribution in [0.5, 0.6) is 0 Å². The highest BCUT2D eigenvalue weighted by Crippen LogP contribution is 2.24. The topological polar surface area (TPSA) is 72.2 Å². The fraction of sp³-hybridized carbons (Fsp3) is 0.538. The average Bonchev–Trinajstić information content (AvgIpc) is 2.13. The Kier molecular flexibility index (Phi) is 4.40. The summed E-state index contributed by atoms with van der Waals surface area (Å²) in [6.07, 6.45) is 0. The number of benzene rings is 1. The van der Waals surface area contributed by atoms with Crippen molar-refractivity contribution in [1.29, 1.82) is 0 Å². The SMILES string of the molecule is CC(N)c1ccccc1NS(=O)(=O)CC(C)(C)C. The second kappa shape index (κ2) is 5.28. The molecule has 3 N–H and O–H groups in total. The maximum atomic E-state index is 12.0. The molecule has 0 fully saturated rings. The van der Waals surface area contributed by atoms with Crippen LogP contribution in [0.2, 0.25) is 0 Å². The van der Waals surface area contributed by atoms with Gasteiger partial charge in [0.05, 0.1) is 11.4 Å². The van der Waals surface area contributed by atoms with Crippen molar-refractivity contribution in [3.8, 4) is 0 Å². The van der Waals surface area contributed by atoms with E-state index in [-0.39, 0.29) is 17.2 Å². The van der Waals surface area contributed by atoms with Gasteiger partial charge >= 0.3 is 0 Å². The van der Waals surface area contributed by atoms with Gasteiger partial charge in [0.1, 0.15) is 0 Å². The van der Waals surface area contributed by atoms with E-state index in [2.05, 4.69) is 4.72 Å². The molecule has 1 rings (SSSR count). The fourth-order valence-electron chi connectivity index (χ4n) is 1.76. The van der Waals surface area contributed by atoms with Crippen LogP contribution < -0.4 is 10.5 Å². The number of rotatable bonds is 4. The molecule has 1 atom stereocenters. The predicted molar refractivity (Wildman–Crippen MR) is 75.9 cm³/mol. The van der Waals surface area contributed by atoms with Crippen LogP contribution in [-0.2, 0) is 10.0 Å². The first-order valence-electron chi connectivity index (χ1n) is 5.96. The van der Waals surface area contributed by atoms with Gasteiger partial charge in [0.25, 0.3) is 0 Å². The predicted octanol–water partition coefficient (Wildman–Crippen LogP) is 2.49. The van der Waals surface area contributed by atoms with E-state index in [9.17, 15) is 8.42 Å². The number of hydrogen-bond acceptors (Lipinski definition) is 3. The summed E-state index contributed by atoms with van der Waals surface area (Å²) in [7, 11) is -3.35. The number of nitrogens with two attached hydrogens (primary N) is 1. The number of sulfonamides is 1. The van der Waals surface area contributed by atoms with Crippen LogP contribution in [0, 0.1) is 5.41 Å². The molecule has 0 amide bonds. The molecule has 1 unspecified atom stereocenters. The van der Waals surface area contributed by atoms with Crippen molar-refractivity contribution in [2.24, 2.45) is 11.1 Å². The highest BCUT2D eigenvalue weighted by atomic mass is 32.2. The van der Waals surface area contributed by atoms with Crippen LogP contribution in [0.1, 0.15) is 39.3 Å². The molecule has 0 aromatic heterocycles. The first-order valence-corrected chi connectivity index (χ1v) is 7.61. The third-order valence-corrected chi connectivity index (χ3v) is 4.12. The fourth-order valence-corrected chi connectivity index (χ4v) is 3.49. The van der Waals surface area contributed by atoms with E-state index >= 15 is 0 Å². The summed E-state index contributed by atoms with van der Waals surface area (Å²) >= 11 is 0. The Balaban J connectivity index is 2.98. The third kappa shape index (κ3) is 4.66. The first-order chi connectivity index (χ1) is 8.11. The minimum Gasteiger partial charge on any atom is -0.324 e. The molecule has 0 heterocycles. The minimum absolute atomic E-state index is 0.0767. The van der Waals surface area contributed by atoms with Gasteiger partial charge in [0.15, 0.2) is 0 Å². The normalized spacial score (nSPS) is 14.3. The van der Waals surface area contributed by atoms with Crippen molar-refractivity contribution < 1.29 is 8.42 Å². The van der Waals surface area contributed by atoms with Crippen molar-refractivity contribution in [3.63, 3.8) is 0 Å². The standard InChI is InChI=1S/C13H22N2O2S/c1-10(14)11-7-5-6-8-12(11)15-18(16,17)9-13(2,3)4/h5-8,10,15H,9,14H2,1-4H3. The monoisotopic (exact) mass is 270 g/mol. The molecule has 0 aliphatic heterocycles. The van der Waals surface area contributed by atoms with E-state index in [1.165, 1.54) is 0 Å². The summed E-state index contributed by atoms with van der Waals surface area (Å²) in [5.74, 6) is 0.0767. The van der Waals surface area contributed by atoms with Crippen LogP contribution in [-0.4, -0.2) is 14.2 Å². The second-order valence-corrected chi connectivity index (χ2v) is 7.52. The highest BCUT2D eigenvalue weighted by Gasteiger charge is 2.22. The lowest BCUT2D eigenvalue weighted by molar-refractivity contribution is 0.463. The number of nitrogens with one attached hydrogen (secondary N) is 1. The van der Waals surface area contributed by atoms with E-state index in [1.54, 1.807) is 12.1 Å². The smallest absolute Gasteiger partial charge is 0.233 e. The molecule has 0 aliphatic rings. The Morgan fingerprint density at radius 2 is 1.83 bits per heavy atom. The van der Waals surface area contributed by atoms with Crippen LogP contribution in [0.4, 0.5) is 5.69 Å². The van der Waals surface area contributed by atoms with Crippen LogP contribution in [0.15, 0.2) is 24.3 Å². The van der Waals surface area contributed by atoms with Gasteiger partial charge in [-0.2, -0.15) is 0 Å². The first kappa shape index (κ1) is 15.0. The lowest BCUT2D eigenvalue weighted by Gasteiger charge is -2.20. The quantitative estimate of drug-likeness (QED) is 0.883. The van der Waals surface area contributed by atoms with Crippen LogP contribution in [0.3, 0.4) is 0 Å². The van der Waals surface area contributed by atoms with Crippen molar-refractivity contribution >= 4 is 15.7 Å². The Bertz CT molecular complexity index is 502. The van der Waals surface area contributed by atoms with Crippen LogP contribution in [0.25, 0.3) is 0 Å². The molecule has 0 saturated heterocycles. The highest BCUT2D eigenvalue weighted by molar-refractivity contribution is 7.92. The van der Waals surface area contributed by atoms with Gasteiger partial charge in [-0.3, -0.25) is 4.72 Å². The van der Waals surface area contributed by atoms with Crippen molar-refractivity contribution in [2.45, 2.75) is 33.7 Å². The second-order valence-electron chi connectivity index (χ2n) is 5.80. The molecular weight excluding hydrogens is 248 g/mol. The zero-order valence-corrected chi connectivity index (χ0v) is 12.2. The van der Waals surface area contributed by atoms with E-state index in [0.717, 1.165) is 5.56 Å². The van der Waals surface area contributed by atoms with Gasteiger partial charge in [-0.15, -0.1) is 0 Å². The molecule has 4 nitrogen and oxygen atoms in total. The largest absolute Gasteiger partial charge is 0.324 e. The maximum absolute atomic E-state index is 12.0. The molecule has 102 valence electrons. The van der Waals surface area contributed by atoms with Gasteiger partial charge in [-0.25, -0.2) is 8.42 Å². The zero-order chi connectivity index (χ0) is 14.0. The molecule has 18 heavy (non-hydrogen) atoms. The molecule has 1 aromatic carbocycles. The van der Waals surface area contributed by atoms with Gasteiger partial charge in [-0.1, -0.05) is 39.0 Å². The van der Waals surface area contributed by atoms with Crippen molar-refractivity contribution in [3.05, 3.63) is 29.8 Å². The molecule has 0 bridgehead atoms. The summed E-state index contributed by atoms with van der Waals surface area (Å²) in [5, 5.41) is 0. The number of hydrogen-bond donors (Lipinski definition) is 2. The average molecular weight is 270 g/mol. The van der Waals surface area contributed by atoms with Gasteiger partial charge in [0, 0.05) is 6.04 Å². The summed E-state index contributed by atoms with van der Waals surface area (Å²) < 4.78 is 26.7. The number of anilines is 1. The third-order valence-electron chi connectivity index (χ3n) is 2.34. The van der Waals surface area contributed by atoms with Gasteiger partial charge in [0.2, 0.25) is 10.0 Å². The zero-order valence-electron chi connectivity index (χ0n) is 11.4. The molecule has 0 spiro atoms. The Hall–Kier alpha value is -1.07. The molecule has 0 saturated carbocycles. The lowest BCUT2D eigenvalue weighted by Crippen LogP contribution is -2.27. The summed E-state index contributed by atoms with van der Waals surface area (Å²) in [5.41, 5.74) is 6.91. The Morgan fingerprint density at radius 3 is 2.33 bits per heavy atom. The lowest BCUT2D eigenvalue weighted by atomic mass is 10.0. The van der Waals surface area contributed by atoms with E-state index in [0.29, 0.717) is 5.69 Å².